The Morgan fingerprint density at radius 2 is 2.25 bits per heavy atom. The van der Waals surface area contributed by atoms with Crippen LogP contribution in [0.3, 0.4) is 0 Å². The van der Waals surface area contributed by atoms with Gasteiger partial charge >= 0.3 is 0 Å². The van der Waals surface area contributed by atoms with E-state index in [4.69, 9.17) is 4.74 Å². The number of nitrogens with one attached hydrogen (secondary N) is 2. The van der Waals surface area contributed by atoms with Crippen LogP contribution in [0.15, 0.2) is 18.2 Å². The van der Waals surface area contributed by atoms with E-state index in [2.05, 4.69) is 15.5 Å². The second-order valence-corrected chi connectivity index (χ2v) is 5.13. The molecule has 1 heterocycles. The summed E-state index contributed by atoms with van der Waals surface area (Å²) in [7, 11) is 1.61. The second kappa shape index (κ2) is 7.26. The van der Waals surface area contributed by atoms with E-state index in [1.807, 2.05) is 25.1 Å². The third-order valence-corrected chi connectivity index (χ3v) is 3.43. The molecule has 0 saturated carbocycles. The predicted molar refractivity (Wildman–Crippen MR) is 80.3 cm³/mol. The maximum Gasteiger partial charge on any atom is 0.238 e. The zero-order valence-electron chi connectivity index (χ0n) is 12.2. The molecule has 1 aromatic rings. The summed E-state index contributed by atoms with van der Waals surface area (Å²) in [5, 5.41) is 6.28. The van der Waals surface area contributed by atoms with Gasteiger partial charge in [-0.2, -0.15) is 0 Å². The van der Waals surface area contributed by atoms with Crippen LogP contribution in [0.4, 0.5) is 5.69 Å². The van der Waals surface area contributed by atoms with E-state index in [9.17, 15) is 4.79 Å². The number of carbonyl (C=O) groups excluding carboxylic acids is 1. The first-order valence-corrected chi connectivity index (χ1v) is 7.06. The first kappa shape index (κ1) is 14.8. The number of ether oxygens (including phenoxy) is 1. The lowest BCUT2D eigenvalue weighted by Crippen LogP contribution is -2.35. The van der Waals surface area contributed by atoms with Crippen LogP contribution in [-0.4, -0.2) is 50.6 Å². The zero-order valence-corrected chi connectivity index (χ0v) is 12.2. The van der Waals surface area contributed by atoms with E-state index in [1.165, 1.54) is 0 Å². The van der Waals surface area contributed by atoms with Crippen molar-refractivity contribution >= 4 is 11.6 Å². The molecule has 0 aromatic heterocycles. The van der Waals surface area contributed by atoms with Gasteiger partial charge in [0, 0.05) is 13.1 Å². The first-order chi connectivity index (χ1) is 9.69. The van der Waals surface area contributed by atoms with Gasteiger partial charge in [0.15, 0.2) is 0 Å². The Hall–Kier alpha value is -1.59. The average Bonchev–Trinajstić information content (AvgIpc) is 2.67. The molecule has 5 heteroatoms. The standard InChI is InChI=1S/C15H23N3O2/c1-12-4-5-14(20-2)13(10-12)17-15(19)11-18-8-3-6-16-7-9-18/h4-5,10,16H,3,6-9,11H2,1-2H3,(H,17,19). The van der Waals surface area contributed by atoms with Crippen LogP contribution in [0, 0.1) is 6.92 Å². The van der Waals surface area contributed by atoms with Crippen molar-refractivity contribution in [3.8, 4) is 5.75 Å². The molecule has 0 atom stereocenters. The molecule has 2 N–H and O–H groups in total. The van der Waals surface area contributed by atoms with Gasteiger partial charge in [-0.05, 0) is 44.1 Å². The lowest BCUT2D eigenvalue weighted by atomic mass is 10.2. The van der Waals surface area contributed by atoms with Crippen LogP contribution < -0.4 is 15.4 Å². The maximum atomic E-state index is 12.1. The summed E-state index contributed by atoms with van der Waals surface area (Å²) in [5.41, 5.74) is 1.84. The molecule has 20 heavy (non-hydrogen) atoms. The summed E-state index contributed by atoms with van der Waals surface area (Å²) in [4.78, 5) is 14.3. The first-order valence-electron chi connectivity index (χ1n) is 7.06. The van der Waals surface area contributed by atoms with Gasteiger partial charge in [-0.15, -0.1) is 0 Å². The van der Waals surface area contributed by atoms with Crippen molar-refractivity contribution in [2.45, 2.75) is 13.3 Å². The number of hydrogen-bond donors (Lipinski definition) is 2. The largest absolute Gasteiger partial charge is 0.495 e. The number of nitrogens with zero attached hydrogens (tertiary/aromatic N) is 1. The van der Waals surface area contributed by atoms with Gasteiger partial charge in [-0.25, -0.2) is 0 Å². The summed E-state index contributed by atoms with van der Waals surface area (Å²) in [6, 6.07) is 5.77. The van der Waals surface area contributed by atoms with Crippen molar-refractivity contribution in [1.29, 1.82) is 0 Å². The Morgan fingerprint density at radius 3 is 3.05 bits per heavy atom. The number of methoxy groups -OCH3 is 1. The molecule has 1 aromatic carbocycles. The molecule has 1 aliphatic heterocycles. The predicted octanol–water partition coefficient (Wildman–Crippen LogP) is 1.24. The van der Waals surface area contributed by atoms with Crippen molar-refractivity contribution in [2.75, 3.05) is 45.2 Å². The van der Waals surface area contributed by atoms with E-state index in [1.54, 1.807) is 7.11 Å². The van der Waals surface area contributed by atoms with Gasteiger partial charge in [0.2, 0.25) is 5.91 Å². The highest BCUT2D eigenvalue weighted by Gasteiger charge is 2.14. The summed E-state index contributed by atoms with van der Waals surface area (Å²) < 4.78 is 5.27. The molecule has 0 spiro atoms. The topological polar surface area (TPSA) is 53.6 Å². The quantitative estimate of drug-likeness (QED) is 0.869. The number of rotatable bonds is 4. The normalized spacial score (nSPS) is 16.5. The molecular weight excluding hydrogens is 254 g/mol. The van der Waals surface area contributed by atoms with Crippen molar-refractivity contribution in [1.82, 2.24) is 10.2 Å². The highest BCUT2D eigenvalue weighted by atomic mass is 16.5. The van der Waals surface area contributed by atoms with E-state index in [-0.39, 0.29) is 5.91 Å². The van der Waals surface area contributed by atoms with Crippen LogP contribution in [0.5, 0.6) is 5.75 Å². The van der Waals surface area contributed by atoms with Crippen molar-refractivity contribution < 1.29 is 9.53 Å². The Labute approximate surface area is 120 Å². The summed E-state index contributed by atoms with van der Waals surface area (Å²) in [6.45, 7) is 6.28. The van der Waals surface area contributed by atoms with Crippen LogP contribution in [-0.2, 0) is 4.79 Å². The fourth-order valence-corrected chi connectivity index (χ4v) is 2.37. The molecule has 2 rings (SSSR count). The molecular formula is C15H23N3O2. The van der Waals surface area contributed by atoms with Crippen molar-refractivity contribution in [3.63, 3.8) is 0 Å². The minimum atomic E-state index is 0.0100. The average molecular weight is 277 g/mol. The second-order valence-electron chi connectivity index (χ2n) is 5.13. The highest BCUT2D eigenvalue weighted by Crippen LogP contribution is 2.25. The summed E-state index contributed by atoms with van der Waals surface area (Å²) in [6.07, 6.45) is 1.08. The number of hydrogen-bond acceptors (Lipinski definition) is 4. The van der Waals surface area contributed by atoms with Crippen LogP contribution in [0.25, 0.3) is 0 Å². The molecule has 1 amide bonds. The van der Waals surface area contributed by atoms with Gasteiger partial charge in [-0.3, -0.25) is 9.69 Å². The maximum absolute atomic E-state index is 12.1. The minimum absolute atomic E-state index is 0.0100. The molecule has 5 nitrogen and oxygen atoms in total. The Kier molecular flexibility index (Phi) is 5.38. The van der Waals surface area contributed by atoms with E-state index in [0.717, 1.165) is 43.9 Å². The fourth-order valence-electron chi connectivity index (χ4n) is 2.37. The number of carbonyl (C=O) groups is 1. The number of amides is 1. The van der Waals surface area contributed by atoms with Gasteiger partial charge in [0.05, 0.1) is 19.3 Å². The van der Waals surface area contributed by atoms with Gasteiger partial charge < -0.3 is 15.4 Å². The van der Waals surface area contributed by atoms with Gasteiger partial charge in [0.25, 0.3) is 0 Å². The van der Waals surface area contributed by atoms with Gasteiger partial charge in [0.1, 0.15) is 5.75 Å². The van der Waals surface area contributed by atoms with Crippen LogP contribution >= 0.6 is 0 Å². The third-order valence-electron chi connectivity index (χ3n) is 3.43. The Bertz CT molecular complexity index is 454. The SMILES string of the molecule is COc1ccc(C)cc1NC(=O)CN1CCCNCC1. The smallest absolute Gasteiger partial charge is 0.238 e. The molecule has 0 aliphatic carbocycles. The monoisotopic (exact) mass is 277 g/mol. The fraction of sp³-hybridized carbons (Fsp3) is 0.533. The molecule has 1 fully saturated rings. The van der Waals surface area contributed by atoms with Crippen LogP contribution in [0.2, 0.25) is 0 Å². The third kappa shape index (κ3) is 4.21. The Morgan fingerprint density at radius 1 is 1.40 bits per heavy atom. The zero-order chi connectivity index (χ0) is 14.4. The van der Waals surface area contributed by atoms with E-state index >= 15 is 0 Å². The Balaban J connectivity index is 1.95. The van der Waals surface area contributed by atoms with Gasteiger partial charge in [-0.1, -0.05) is 6.07 Å². The van der Waals surface area contributed by atoms with Crippen molar-refractivity contribution in [3.05, 3.63) is 23.8 Å². The van der Waals surface area contributed by atoms with Crippen molar-refractivity contribution in [2.24, 2.45) is 0 Å². The molecule has 0 unspecified atom stereocenters. The highest BCUT2D eigenvalue weighted by molar-refractivity contribution is 5.93. The van der Waals surface area contributed by atoms with E-state index in [0.29, 0.717) is 12.3 Å². The number of anilines is 1. The molecule has 0 bridgehead atoms. The lowest BCUT2D eigenvalue weighted by Gasteiger charge is -2.19. The lowest BCUT2D eigenvalue weighted by molar-refractivity contribution is -0.117. The summed E-state index contributed by atoms with van der Waals surface area (Å²) in [5.74, 6) is 0.706. The molecule has 1 aliphatic rings. The molecule has 0 radical (unpaired) electrons. The van der Waals surface area contributed by atoms with E-state index < -0.39 is 0 Å². The molecule has 110 valence electrons. The van der Waals surface area contributed by atoms with Crippen LogP contribution in [0.1, 0.15) is 12.0 Å². The number of benzene rings is 1. The summed E-state index contributed by atoms with van der Waals surface area (Å²) >= 11 is 0. The number of aryl methyl sites for hydroxylation is 1. The molecule has 1 saturated heterocycles. The minimum Gasteiger partial charge on any atom is -0.495 e.